The molecule has 2 rings (SSSR count). The van der Waals surface area contributed by atoms with Crippen molar-refractivity contribution in [2.75, 3.05) is 12.4 Å². The Kier molecular flexibility index (Phi) is 5.09. The van der Waals surface area contributed by atoms with E-state index in [1.807, 2.05) is 0 Å². The van der Waals surface area contributed by atoms with Crippen LogP contribution in [0.15, 0.2) is 48.5 Å². The summed E-state index contributed by atoms with van der Waals surface area (Å²) in [5.41, 5.74) is 1.58. The molecule has 118 valence electrons. The highest BCUT2D eigenvalue weighted by molar-refractivity contribution is 5.97. The maximum Gasteiger partial charge on any atom is 0.335 e. The van der Waals surface area contributed by atoms with Crippen LogP contribution in [0.2, 0.25) is 0 Å². The van der Waals surface area contributed by atoms with Crippen molar-refractivity contribution in [1.82, 2.24) is 5.32 Å². The number of benzene rings is 2. The van der Waals surface area contributed by atoms with Crippen molar-refractivity contribution in [2.45, 2.75) is 6.42 Å². The molecule has 0 unspecified atom stereocenters. The second-order valence-electron chi connectivity index (χ2n) is 4.84. The highest BCUT2D eigenvalue weighted by Crippen LogP contribution is 2.13. The van der Waals surface area contributed by atoms with E-state index in [1.165, 1.54) is 13.1 Å². The number of aromatic carboxylic acids is 1. The van der Waals surface area contributed by atoms with Gasteiger partial charge in [0, 0.05) is 18.3 Å². The Labute approximate surface area is 133 Å². The van der Waals surface area contributed by atoms with Gasteiger partial charge in [0.05, 0.1) is 12.0 Å². The molecule has 0 heterocycles. The van der Waals surface area contributed by atoms with E-state index in [4.69, 9.17) is 5.11 Å². The minimum Gasteiger partial charge on any atom is -0.478 e. The van der Waals surface area contributed by atoms with E-state index < -0.39 is 5.97 Å². The number of amides is 2. The van der Waals surface area contributed by atoms with Crippen LogP contribution in [0.1, 0.15) is 26.3 Å². The number of carbonyl (C=O) groups excluding carboxylic acids is 2. The molecule has 23 heavy (non-hydrogen) atoms. The first kappa shape index (κ1) is 16.2. The average Bonchev–Trinajstić information content (AvgIpc) is 2.55. The lowest BCUT2D eigenvalue weighted by Gasteiger charge is -2.08. The Bertz CT molecular complexity index is 739. The van der Waals surface area contributed by atoms with Crippen molar-refractivity contribution in [3.63, 3.8) is 0 Å². The van der Waals surface area contributed by atoms with E-state index >= 15 is 0 Å². The van der Waals surface area contributed by atoms with Crippen LogP contribution in [-0.2, 0) is 11.2 Å². The molecule has 0 aliphatic carbocycles. The van der Waals surface area contributed by atoms with Crippen molar-refractivity contribution in [2.24, 2.45) is 0 Å². The average molecular weight is 312 g/mol. The van der Waals surface area contributed by atoms with E-state index in [1.54, 1.807) is 42.5 Å². The molecule has 0 radical (unpaired) electrons. The second kappa shape index (κ2) is 7.22. The van der Waals surface area contributed by atoms with E-state index in [0.29, 0.717) is 16.8 Å². The third kappa shape index (κ3) is 4.16. The molecule has 6 nitrogen and oxygen atoms in total. The number of hydrogen-bond donors (Lipinski definition) is 3. The minimum atomic E-state index is -1.07. The number of rotatable bonds is 5. The summed E-state index contributed by atoms with van der Waals surface area (Å²) in [6.07, 6.45) is -0.0420. The van der Waals surface area contributed by atoms with Gasteiger partial charge in [0.15, 0.2) is 0 Å². The van der Waals surface area contributed by atoms with Crippen molar-refractivity contribution < 1.29 is 19.5 Å². The number of carboxylic acids is 1. The van der Waals surface area contributed by atoms with Gasteiger partial charge in [-0.2, -0.15) is 0 Å². The summed E-state index contributed by atoms with van der Waals surface area (Å²) >= 11 is 0. The standard InChI is InChI=1S/C17H16N2O4/c1-18-16(21)11-6-8-13(9-7-11)19-15(20)10-12-4-2-3-5-14(12)17(22)23/h2-9H,10H2,1H3,(H,18,21)(H,19,20)(H,22,23). The topological polar surface area (TPSA) is 95.5 Å². The van der Waals surface area contributed by atoms with Gasteiger partial charge >= 0.3 is 5.97 Å². The van der Waals surface area contributed by atoms with Crippen LogP contribution in [0.4, 0.5) is 5.69 Å². The fourth-order valence-corrected chi connectivity index (χ4v) is 2.11. The maximum absolute atomic E-state index is 12.0. The lowest BCUT2D eigenvalue weighted by atomic mass is 10.0. The number of carbonyl (C=O) groups is 3. The van der Waals surface area contributed by atoms with E-state index in [-0.39, 0.29) is 23.8 Å². The largest absolute Gasteiger partial charge is 0.478 e. The SMILES string of the molecule is CNC(=O)c1ccc(NC(=O)Cc2ccccc2C(=O)O)cc1. The lowest BCUT2D eigenvalue weighted by molar-refractivity contribution is -0.115. The van der Waals surface area contributed by atoms with Crippen LogP contribution in [-0.4, -0.2) is 29.9 Å². The zero-order valence-corrected chi connectivity index (χ0v) is 12.5. The molecule has 0 saturated heterocycles. The van der Waals surface area contributed by atoms with Gasteiger partial charge in [0.1, 0.15) is 0 Å². The van der Waals surface area contributed by atoms with Gasteiger partial charge in [-0.05, 0) is 35.9 Å². The van der Waals surface area contributed by atoms with Crippen LogP contribution in [0.3, 0.4) is 0 Å². The molecule has 3 N–H and O–H groups in total. The minimum absolute atomic E-state index is 0.0420. The summed E-state index contributed by atoms with van der Waals surface area (Å²) in [7, 11) is 1.54. The van der Waals surface area contributed by atoms with Crippen molar-refractivity contribution >= 4 is 23.5 Å². The van der Waals surface area contributed by atoms with Crippen LogP contribution in [0.25, 0.3) is 0 Å². The summed E-state index contributed by atoms with van der Waals surface area (Å²) in [6, 6.07) is 12.8. The third-order valence-corrected chi connectivity index (χ3v) is 3.26. The monoisotopic (exact) mass is 312 g/mol. The zero-order chi connectivity index (χ0) is 16.8. The summed E-state index contributed by atoms with van der Waals surface area (Å²) < 4.78 is 0. The first-order chi connectivity index (χ1) is 11.0. The highest BCUT2D eigenvalue weighted by atomic mass is 16.4. The molecule has 0 bridgehead atoms. The Morgan fingerprint density at radius 2 is 1.65 bits per heavy atom. The molecule has 0 spiro atoms. The molecular weight excluding hydrogens is 296 g/mol. The number of nitrogens with one attached hydrogen (secondary N) is 2. The van der Waals surface area contributed by atoms with Gasteiger partial charge < -0.3 is 15.7 Å². The molecular formula is C17H16N2O4. The van der Waals surface area contributed by atoms with E-state index in [2.05, 4.69) is 10.6 Å². The summed E-state index contributed by atoms with van der Waals surface area (Å²) in [6.45, 7) is 0. The van der Waals surface area contributed by atoms with Crippen LogP contribution in [0.5, 0.6) is 0 Å². The fourth-order valence-electron chi connectivity index (χ4n) is 2.11. The van der Waals surface area contributed by atoms with Crippen molar-refractivity contribution in [3.05, 3.63) is 65.2 Å². The van der Waals surface area contributed by atoms with Crippen LogP contribution >= 0.6 is 0 Å². The number of anilines is 1. The van der Waals surface area contributed by atoms with Gasteiger partial charge in [-0.3, -0.25) is 9.59 Å². The predicted molar refractivity (Wildman–Crippen MR) is 85.6 cm³/mol. The summed E-state index contributed by atoms with van der Waals surface area (Å²) in [5.74, 6) is -1.60. The van der Waals surface area contributed by atoms with Gasteiger partial charge in [-0.25, -0.2) is 4.79 Å². The molecule has 6 heteroatoms. The molecule has 0 aliphatic heterocycles. The Balaban J connectivity index is 2.05. The molecule has 2 aromatic rings. The third-order valence-electron chi connectivity index (χ3n) is 3.26. The predicted octanol–water partition coefficient (Wildman–Crippen LogP) is 1.93. The molecule has 0 fully saturated rings. The Hall–Kier alpha value is -3.15. The quantitative estimate of drug-likeness (QED) is 0.786. The molecule has 0 aromatic heterocycles. The maximum atomic E-state index is 12.0. The molecule has 0 saturated carbocycles. The normalized spacial score (nSPS) is 9.96. The van der Waals surface area contributed by atoms with Gasteiger partial charge in [-0.15, -0.1) is 0 Å². The summed E-state index contributed by atoms with van der Waals surface area (Å²) in [4.78, 5) is 34.6. The first-order valence-corrected chi connectivity index (χ1v) is 6.94. The molecule has 0 aliphatic rings. The van der Waals surface area contributed by atoms with Crippen LogP contribution < -0.4 is 10.6 Å². The number of carboxylic acid groups (broad SMARTS) is 1. The lowest BCUT2D eigenvalue weighted by Crippen LogP contribution is -2.18. The van der Waals surface area contributed by atoms with E-state index in [0.717, 1.165) is 0 Å². The smallest absolute Gasteiger partial charge is 0.335 e. The highest BCUT2D eigenvalue weighted by Gasteiger charge is 2.12. The van der Waals surface area contributed by atoms with Gasteiger partial charge in [0.25, 0.3) is 5.91 Å². The van der Waals surface area contributed by atoms with Crippen LogP contribution in [0, 0.1) is 0 Å². The Morgan fingerprint density at radius 1 is 1.00 bits per heavy atom. The van der Waals surface area contributed by atoms with Gasteiger partial charge in [-0.1, -0.05) is 18.2 Å². The van der Waals surface area contributed by atoms with Crippen molar-refractivity contribution in [1.29, 1.82) is 0 Å². The molecule has 2 aromatic carbocycles. The van der Waals surface area contributed by atoms with Crippen molar-refractivity contribution in [3.8, 4) is 0 Å². The number of hydrogen-bond acceptors (Lipinski definition) is 3. The fraction of sp³-hybridized carbons (Fsp3) is 0.118. The zero-order valence-electron chi connectivity index (χ0n) is 12.5. The Morgan fingerprint density at radius 3 is 2.26 bits per heavy atom. The molecule has 2 amide bonds. The first-order valence-electron chi connectivity index (χ1n) is 6.94. The van der Waals surface area contributed by atoms with Gasteiger partial charge in [0.2, 0.25) is 5.91 Å². The second-order valence-corrected chi connectivity index (χ2v) is 4.84. The molecule has 0 atom stereocenters. The summed E-state index contributed by atoms with van der Waals surface area (Å²) in [5, 5.41) is 14.3. The van der Waals surface area contributed by atoms with E-state index in [9.17, 15) is 14.4 Å².